The van der Waals surface area contributed by atoms with E-state index in [1.807, 2.05) is 6.07 Å². The Labute approximate surface area is 186 Å². The fraction of sp³-hybridized carbons (Fsp3) is 0.704. The van der Waals surface area contributed by atoms with Crippen LogP contribution in [0, 0.1) is 52.7 Å². The number of hydrogen-bond donors (Lipinski definition) is 0. The van der Waals surface area contributed by atoms with Gasteiger partial charge < -0.3 is 4.74 Å². The molecular weight excluding hydrogens is 389 g/mol. The zero-order chi connectivity index (χ0) is 21.8. The maximum atomic E-state index is 14.2. The Hall–Kier alpha value is -1.89. The van der Waals surface area contributed by atoms with E-state index in [0.717, 1.165) is 43.1 Å². The molecule has 0 bridgehead atoms. The van der Waals surface area contributed by atoms with Crippen molar-refractivity contribution in [1.29, 1.82) is 5.26 Å². The summed E-state index contributed by atoms with van der Waals surface area (Å²) in [5.41, 5.74) is 0.233. The minimum absolute atomic E-state index is 0.0522. The van der Waals surface area contributed by atoms with Crippen molar-refractivity contribution in [2.45, 2.75) is 84.0 Å². The van der Waals surface area contributed by atoms with Crippen LogP contribution in [0.2, 0.25) is 0 Å². The number of hydrogen-bond acceptors (Lipinski definition) is 3. The molecule has 31 heavy (non-hydrogen) atoms. The van der Waals surface area contributed by atoms with E-state index in [0.29, 0.717) is 11.8 Å². The van der Waals surface area contributed by atoms with Crippen molar-refractivity contribution in [2.24, 2.45) is 35.5 Å². The van der Waals surface area contributed by atoms with Crippen LogP contribution >= 0.6 is 0 Å². The average Bonchev–Trinajstić information content (AvgIpc) is 2.80. The molecule has 0 aromatic heterocycles. The molecule has 3 saturated carbocycles. The van der Waals surface area contributed by atoms with Gasteiger partial charge in [-0.3, -0.25) is 4.79 Å². The molecule has 4 rings (SSSR count). The first kappa shape index (κ1) is 22.3. The maximum absolute atomic E-state index is 14.2. The first-order valence-electron chi connectivity index (χ1n) is 12.5. The molecule has 0 heterocycles. The minimum atomic E-state index is -0.637. The molecule has 4 atom stereocenters. The second-order valence-electron chi connectivity index (χ2n) is 10.3. The van der Waals surface area contributed by atoms with Crippen molar-refractivity contribution in [1.82, 2.24) is 0 Å². The summed E-state index contributed by atoms with van der Waals surface area (Å²) < 4.78 is 19.7. The van der Waals surface area contributed by atoms with Crippen molar-refractivity contribution in [3.63, 3.8) is 0 Å². The Morgan fingerprint density at radius 2 is 1.84 bits per heavy atom. The van der Waals surface area contributed by atoms with E-state index in [4.69, 9.17) is 10.00 Å². The number of ether oxygens (including phenoxy) is 1. The van der Waals surface area contributed by atoms with Crippen molar-refractivity contribution in [2.75, 3.05) is 0 Å². The molecule has 0 saturated heterocycles. The van der Waals surface area contributed by atoms with Gasteiger partial charge in [-0.2, -0.15) is 5.26 Å². The van der Waals surface area contributed by atoms with Gasteiger partial charge in [0.1, 0.15) is 0 Å². The van der Waals surface area contributed by atoms with Crippen LogP contribution in [0.4, 0.5) is 4.39 Å². The van der Waals surface area contributed by atoms with Gasteiger partial charge >= 0.3 is 5.97 Å². The second kappa shape index (κ2) is 10.2. The van der Waals surface area contributed by atoms with Crippen LogP contribution in [-0.4, -0.2) is 5.97 Å². The number of halogens is 1. The predicted molar refractivity (Wildman–Crippen MR) is 119 cm³/mol. The highest BCUT2D eigenvalue weighted by Crippen LogP contribution is 2.50. The van der Waals surface area contributed by atoms with E-state index in [2.05, 4.69) is 6.92 Å². The highest BCUT2D eigenvalue weighted by molar-refractivity contribution is 5.75. The quantitative estimate of drug-likeness (QED) is 0.375. The van der Waals surface area contributed by atoms with Crippen molar-refractivity contribution < 1.29 is 13.9 Å². The highest BCUT2D eigenvalue weighted by Gasteiger charge is 2.43. The van der Waals surface area contributed by atoms with Gasteiger partial charge in [0.05, 0.1) is 17.6 Å². The van der Waals surface area contributed by atoms with Crippen LogP contribution in [0.5, 0.6) is 5.75 Å². The third kappa shape index (κ3) is 5.13. The summed E-state index contributed by atoms with van der Waals surface area (Å²) in [6.45, 7) is 2.30. The molecule has 0 radical (unpaired) electrons. The van der Waals surface area contributed by atoms with Crippen molar-refractivity contribution in [3.8, 4) is 11.8 Å². The summed E-state index contributed by atoms with van der Waals surface area (Å²) in [4.78, 5) is 13.0. The molecule has 0 aliphatic heterocycles. The van der Waals surface area contributed by atoms with E-state index < -0.39 is 5.82 Å². The molecule has 0 N–H and O–H groups in total. The SMILES string of the molecule is CCCC1CCC(C2CCC3C(CCCC3C(=O)Oc3ccc(C#N)cc3F)C2)CC1. The first-order valence-corrected chi connectivity index (χ1v) is 12.5. The van der Waals surface area contributed by atoms with Crippen molar-refractivity contribution >= 4 is 5.97 Å². The fourth-order valence-electron chi connectivity index (χ4n) is 6.91. The third-order valence-electron chi connectivity index (χ3n) is 8.52. The van der Waals surface area contributed by atoms with E-state index in [1.165, 1.54) is 69.9 Å². The van der Waals surface area contributed by atoms with E-state index >= 15 is 0 Å². The zero-order valence-corrected chi connectivity index (χ0v) is 18.8. The topological polar surface area (TPSA) is 50.1 Å². The Kier molecular flexibility index (Phi) is 7.31. The number of rotatable bonds is 5. The molecule has 1 aromatic rings. The molecule has 4 unspecified atom stereocenters. The van der Waals surface area contributed by atoms with Gasteiger partial charge in [-0.05, 0) is 86.3 Å². The first-order chi connectivity index (χ1) is 15.1. The number of nitrogens with zero attached hydrogens (tertiary/aromatic N) is 1. The summed E-state index contributed by atoms with van der Waals surface area (Å²) in [5.74, 6) is 2.58. The normalized spacial score (nSPS) is 33.2. The third-order valence-corrected chi connectivity index (χ3v) is 8.52. The van der Waals surface area contributed by atoms with Gasteiger partial charge in [0.25, 0.3) is 0 Å². The Balaban J connectivity index is 1.34. The number of nitriles is 1. The van der Waals surface area contributed by atoms with Crippen LogP contribution in [0.3, 0.4) is 0 Å². The van der Waals surface area contributed by atoms with Crippen molar-refractivity contribution in [3.05, 3.63) is 29.6 Å². The lowest BCUT2D eigenvalue weighted by atomic mass is 9.59. The van der Waals surface area contributed by atoms with E-state index in [9.17, 15) is 9.18 Å². The standard InChI is InChI=1S/C27H36FNO2/c1-2-4-18-7-10-20(11-8-18)21-12-13-23-22(16-21)5-3-6-24(23)27(30)31-26-14-9-19(17-29)15-25(26)28/h9,14-15,18,20-24H,2-8,10-13,16H2,1H3. The molecule has 168 valence electrons. The maximum Gasteiger partial charge on any atom is 0.314 e. The molecule has 4 heteroatoms. The average molecular weight is 426 g/mol. The van der Waals surface area contributed by atoms with Gasteiger partial charge in [-0.1, -0.05) is 45.4 Å². The van der Waals surface area contributed by atoms with Crippen LogP contribution in [0.15, 0.2) is 18.2 Å². The molecular formula is C27H36FNO2. The lowest BCUT2D eigenvalue weighted by Crippen LogP contribution is -2.40. The van der Waals surface area contributed by atoms with Crippen LogP contribution in [0.25, 0.3) is 0 Å². The Bertz CT molecular complexity index is 808. The molecule has 3 aliphatic rings. The summed E-state index contributed by atoms with van der Waals surface area (Å²) in [6, 6.07) is 5.94. The summed E-state index contributed by atoms with van der Waals surface area (Å²) in [7, 11) is 0. The van der Waals surface area contributed by atoms with Gasteiger partial charge in [0, 0.05) is 0 Å². The molecule has 3 fully saturated rings. The molecule has 3 nitrogen and oxygen atoms in total. The number of carbonyl (C=O) groups is 1. The summed E-state index contributed by atoms with van der Waals surface area (Å²) in [5, 5.41) is 8.90. The lowest BCUT2D eigenvalue weighted by Gasteiger charge is -2.46. The smallest absolute Gasteiger partial charge is 0.314 e. The number of fused-ring (bicyclic) bond motifs is 1. The van der Waals surface area contributed by atoms with Gasteiger partial charge in [-0.25, -0.2) is 4.39 Å². The van der Waals surface area contributed by atoms with Crippen LogP contribution in [-0.2, 0) is 4.79 Å². The minimum Gasteiger partial charge on any atom is -0.423 e. The highest BCUT2D eigenvalue weighted by atomic mass is 19.1. The lowest BCUT2D eigenvalue weighted by molar-refractivity contribution is -0.144. The number of esters is 1. The van der Waals surface area contributed by atoms with Gasteiger partial charge in [-0.15, -0.1) is 0 Å². The van der Waals surface area contributed by atoms with Gasteiger partial charge in [0.2, 0.25) is 0 Å². The monoisotopic (exact) mass is 425 g/mol. The largest absolute Gasteiger partial charge is 0.423 e. The van der Waals surface area contributed by atoms with Crippen LogP contribution in [0.1, 0.15) is 89.5 Å². The predicted octanol–water partition coefficient (Wildman–Crippen LogP) is 7.04. The molecule has 1 aromatic carbocycles. The Morgan fingerprint density at radius 1 is 1.06 bits per heavy atom. The molecule has 0 spiro atoms. The van der Waals surface area contributed by atoms with E-state index in [-0.39, 0.29) is 23.2 Å². The summed E-state index contributed by atoms with van der Waals surface area (Å²) >= 11 is 0. The Morgan fingerprint density at radius 3 is 2.55 bits per heavy atom. The van der Waals surface area contributed by atoms with E-state index in [1.54, 1.807) is 0 Å². The number of benzene rings is 1. The van der Waals surface area contributed by atoms with Crippen LogP contribution < -0.4 is 4.74 Å². The van der Waals surface area contributed by atoms with Gasteiger partial charge in [0.15, 0.2) is 11.6 Å². The zero-order valence-electron chi connectivity index (χ0n) is 18.8. The molecule has 0 amide bonds. The molecule has 3 aliphatic carbocycles. The summed E-state index contributed by atoms with van der Waals surface area (Å²) in [6.07, 6.45) is 15.1. The number of carbonyl (C=O) groups excluding carboxylic acids is 1. The fourth-order valence-corrected chi connectivity index (χ4v) is 6.91. The second-order valence-corrected chi connectivity index (χ2v) is 10.3.